The topological polar surface area (TPSA) is 42.0 Å². The number of benzene rings is 1. The van der Waals surface area contributed by atoms with Crippen LogP contribution in [0.25, 0.3) is 11.3 Å². The van der Waals surface area contributed by atoms with Gasteiger partial charge in [-0.2, -0.15) is 0 Å². The fourth-order valence-electron chi connectivity index (χ4n) is 2.24. The molecule has 1 aliphatic heterocycles. The number of rotatable bonds is 1. The maximum absolute atomic E-state index is 12.9. The minimum Gasteiger partial charge on any atom is -0.325 e. The molecular weight excluding hydrogens is 243 g/mol. The van der Waals surface area contributed by atoms with Gasteiger partial charge in [-0.05, 0) is 44.2 Å². The minimum absolute atomic E-state index is 0.0273. The third kappa shape index (κ3) is 1.80. The molecule has 4 heteroatoms. The van der Waals surface area contributed by atoms with E-state index in [1.165, 1.54) is 12.1 Å². The van der Waals surface area contributed by atoms with E-state index < -0.39 is 5.41 Å². The molecule has 3 rings (SSSR count). The number of hydrogen-bond acceptors (Lipinski definition) is 2. The number of amides is 1. The Kier molecular flexibility index (Phi) is 2.42. The highest BCUT2D eigenvalue weighted by molar-refractivity contribution is 6.05. The Morgan fingerprint density at radius 1 is 1.21 bits per heavy atom. The Hall–Kier alpha value is -2.23. The second-order valence-corrected chi connectivity index (χ2v) is 5.20. The molecule has 1 aromatic heterocycles. The van der Waals surface area contributed by atoms with E-state index in [1.54, 1.807) is 18.3 Å². The first kappa shape index (κ1) is 11.8. The number of hydrogen-bond donors (Lipinski definition) is 1. The summed E-state index contributed by atoms with van der Waals surface area (Å²) in [6, 6.07) is 7.96. The van der Waals surface area contributed by atoms with Crippen molar-refractivity contribution in [2.45, 2.75) is 19.3 Å². The van der Waals surface area contributed by atoms with Crippen LogP contribution in [-0.4, -0.2) is 10.9 Å². The van der Waals surface area contributed by atoms with Crippen LogP contribution in [0.4, 0.5) is 10.1 Å². The zero-order valence-corrected chi connectivity index (χ0v) is 10.7. The van der Waals surface area contributed by atoms with E-state index in [0.29, 0.717) is 0 Å². The summed E-state index contributed by atoms with van der Waals surface area (Å²) in [6.07, 6.45) is 1.71. The molecule has 2 heterocycles. The SMILES string of the molecule is CC1(C)C(=O)Nc2cc(-c3ccc(F)cc3)ncc21. The number of carbonyl (C=O) groups is 1. The van der Waals surface area contributed by atoms with E-state index in [9.17, 15) is 9.18 Å². The quantitative estimate of drug-likeness (QED) is 0.851. The lowest BCUT2D eigenvalue weighted by molar-refractivity contribution is -0.119. The third-order valence-electron chi connectivity index (χ3n) is 3.53. The summed E-state index contributed by atoms with van der Waals surface area (Å²) in [5.74, 6) is -0.306. The van der Waals surface area contributed by atoms with Crippen molar-refractivity contribution in [1.82, 2.24) is 4.98 Å². The molecule has 0 saturated heterocycles. The average Bonchev–Trinajstić information content (AvgIpc) is 2.61. The Bertz CT molecular complexity index is 662. The van der Waals surface area contributed by atoms with Crippen LogP contribution in [0, 0.1) is 5.82 Å². The number of halogens is 1. The predicted octanol–water partition coefficient (Wildman–Crippen LogP) is 3.12. The van der Waals surface area contributed by atoms with Gasteiger partial charge in [-0.15, -0.1) is 0 Å². The summed E-state index contributed by atoms with van der Waals surface area (Å²) in [4.78, 5) is 16.2. The van der Waals surface area contributed by atoms with Crippen LogP contribution in [0.2, 0.25) is 0 Å². The second kappa shape index (κ2) is 3.88. The Morgan fingerprint density at radius 3 is 2.58 bits per heavy atom. The summed E-state index contributed by atoms with van der Waals surface area (Å²) in [5.41, 5.74) is 2.66. The van der Waals surface area contributed by atoms with E-state index in [-0.39, 0.29) is 11.7 Å². The summed E-state index contributed by atoms with van der Waals surface area (Å²) >= 11 is 0. The van der Waals surface area contributed by atoms with Gasteiger partial charge in [0.1, 0.15) is 5.82 Å². The van der Waals surface area contributed by atoms with Gasteiger partial charge >= 0.3 is 0 Å². The number of fused-ring (bicyclic) bond motifs is 1. The average molecular weight is 256 g/mol. The van der Waals surface area contributed by atoms with Crippen molar-refractivity contribution in [3.63, 3.8) is 0 Å². The number of nitrogens with zero attached hydrogens (tertiary/aromatic N) is 1. The lowest BCUT2D eigenvalue weighted by atomic mass is 9.87. The standard InChI is InChI=1S/C15H13FN2O/c1-15(2)11-8-17-12(7-13(11)18-14(15)19)9-3-5-10(16)6-4-9/h3-8H,1-2H3,(H,18,19). The molecule has 0 atom stereocenters. The molecule has 3 nitrogen and oxygen atoms in total. The van der Waals surface area contributed by atoms with Gasteiger partial charge in [-0.1, -0.05) is 0 Å². The van der Waals surface area contributed by atoms with Crippen molar-refractivity contribution in [3.8, 4) is 11.3 Å². The Labute approximate surface area is 110 Å². The highest BCUT2D eigenvalue weighted by Gasteiger charge is 2.38. The van der Waals surface area contributed by atoms with Gasteiger partial charge in [0.25, 0.3) is 0 Å². The van der Waals surface area contributed by atoms with Crippen LogP contribution in [0.15, 0.2) is 36.5 Å². The summed E-state index contributed by atoms with van der Waals surface area (Å²) in [5, 5.41) is 2.86. The van der Waals surface area contributed by atoms with Crippen LogP contribution in [0.1, 0.15) is 19.4 Å². The van der Waals surface area contributed by atoms with Crippen LogP contribution < -0.4 is 5.32 Å². The molecule has 0 aliphatic carbocycles. The van der Waals surface area contributed by atoms with Gasteiger partial charge in [0, 0.05) is 23.0 Å². The summed E-state index contributed by atoms with van der Waals surface area (Å²) < 4.78 is 12.9. The molecule has 0 unspecified atom stereocenters. The number of nitrogens with one attached hydrogen (secondary N) is 1. The first-order valence-corrected chi connectivity index (χ1v) is 6.06. The number of carbonyl (C=O) groups excluding carboxylic acids is 1. The monoisotopic (exact) mass is 256 g/mol. The zero-order valence-electron chi connectivity index (χ0n) is 10.7. The van der Waals surface area contributed by atoms with Crippen molar-refractivity contribution in [2.24, 2.45) is 0 Å². The summed E-state index contributed by atoms with van der Waals surface area (Å²) in [7, 11) is 0. The predicted molar refractivity (Wildman–Crippen MR) is 71.3 cm³/mol. The normalized spacial score (nSPS) is 16.1. The zero-order chi connectivity index (χ0) is 13.6. The largest absolute Gasteiger partial charge is 0.325 e. The van der Waals surface area contributed by atoms with Crippen LogP contribution in [-0.2, 0) is 10.2 Å². The summed E-state index contributed by atoms with van der Waals surface area (Å²) in [6.45, 7) is 3.74. The third-order valence-corrected chi connectivity index (χ3v) is 3.53. The molecule has 0 saturated carbocycles. The molecule has 0 fully saturated rings. The lowest BCUT2D eigenvalue weighted by Gasteiger charge is -2.14. The molecule has 2 aromatic rings. The number of pyridine rings is 1. The molecule has 1 aliphatic rings. The van der Waals surface area contributed by atoms with Crippen LogP contribution in [0.3, 0.4) is 0 Å². The van der Waals surface area contributed by atoms with Crippen LogP contribution >= 0.6 is 0 Å². The first-order chi connectivity index (χ1) is 8.98. The molecule has 1 amide bonds. The highest BCUT2D eigenvalue weighted by atomic mass is 19.1. The molecule has 19 heavy (non-hydrogen) atoms. The Morgan fingerprint density at radius 2 is 1.89 bits per heavy atom. The fraction of sp³-hybridized carbons (Fsp3) is 0.200. The molecule has 96 valence electrons. The smallest absolute Gasteiger partial charge is 0.234 e. The van der Waals surface area contributed by atoms with Crippen LogP contribution in [0.5, 0.6) is 0 Å². The second-order valence-electron chi connectivity index (χ2n) is 5.20. The van der Waals surface area contributed by atoms with Crippen molar-refractivity contribution < 1.29 is 9.18 Å². The molecule has 0 radical (unpaired) electrons. The molecule has 0 bridgehead atoms. The molecule has 1 N–H and O–H groups in total. The fourth-order valence-corrected chi connectivity index (χ4v) is 2.24. The first-order valence-electron chi connectivity index (χ1n) is 6.06. The van der Waals surface area contributed by atoms with E-state index in [1.807, 2.05) is 19.9 Å². The van der Waals surface area contributed by atoms with Crippen molar-refractivity contribution in [2.75, 3.05) is 5.32 Å². The van der Waals surface area contributed by atoms with Crippen molar-refractivity contribution in [1.29, 1.82) is 0 Å². The van der Waals surface area contributed by atoms with E-state index >= 15 is 0 Å². The lowest BCUT2D eigenvalue weighted by Crippen LogP contribution is -2.26. The van der Waals surface area contributed by atoms with Gasteiger partial charge in [-0.3, -0.25) is 9.78 Å². The van der Waals surface area contributed by atoms with Gasteiger partial charge in [0.2, 0.25) is 5.91 Å². The molecular formula is C15H13FN2O. The number of aromatic nitrogens is 1. The maximum Gasteiger partial charge on any atom is 0.234 e. The minimum atomic E-state index is -0.552. The van der Waals surface area contributed by atoms with E-state index in [0.717, 1.165) is 22.5 Å². The molecule has 0 spiro atoms. The van der Waals surface area contributed by atoms with Gasteiger partial charge in [0.15, 0.2) is 0 Å². The van der Waals surface area contributed by atoms with Crippen molar-refractivity contribution in [3.05, 3.63) is 47.9 Å². The number of anilines is 1. The maximum atomic E-state index is 12.9. The van der Waals surface area contributed by atoms with E-state index in [4.69, 9.17) is 0 Å². The van der Waals surface area contributed by atoms with Gasteiger partial charge in [-0.25, -0.2) is 4.39 Å². The van der Waals surface area contributed by atoms with E-state index in [2.05, 4.69) is 10.3 Å². The molecule has 1 aromatic carbocycles. The van der Waals surface area contributed by atoms with Crippen molar-refractivity contribution >= 4 is 11.6 Å². The Balaban J connectivity index is 2.07. The highest BCUT2D eigenvalue weighted by Crippen LogP contribution is 2.38. The van der Waals surface area contributed by atoms with Gasteiger partial charge in [0.05, 0.1) is 11.1 Å². The van der Waals surface area contributed by atoms with Gasteiger partial charge < -0.3 is 5.32 Å².